The standard InChI is InChI=1S/C22H19ClFNO4/c23-19-11-15(9-16-10-18(29-21(16)19)5-6-20(26)27)13-1-3-14(4-2-13)22(28)25-8-7-17(24)12-25/h1-6,9,11,17-18H,7-8,10,12H2,(H,26,27)/t17-,18?/m1/s1. The third-order valence-electron chi connectivity index (χ3n) is 5.15. The summed E-state index contributed by atoms with van der Waals surface area (Å²) in [6.07, 6.45) is 2.17. The van der Waals surface area contributed by atoms with E-state index in [4.69, 9.17) is 21.4 Å². The van der Waals surface area contributed by atoms with E-state index < -0.39 is 12.1 Å². The molecule has 5 nitrogen and oxygen atoms in total. The lowest BCUT2D eigenvalue weighted by atomic mass is 9.99. The van der Waals surface area contributed by atoms with Gasteiger partial charge in [0.25, 0.3) is 5.91 Å². The number of halogens is 2. The Balaban J connectivity index is 1.53. The van der Waals surface area contributed by atoms with Crippen LogP contribution in [0.25, 0.3) is 11.1 Å². The molecule has 2 aromatic carbocycles. The maximum absolute atomic E-state index is 13.3. The predicted molar refractivity (Wildman–Crippen MR) is 107 cm³/mol. The number of carbonyl (C=O) groups excluding carboxylic acids is 1. The molecule has 1 saturated heterocycles. The van der Waals surface area contributed by atoms with E-state index in [1.54, 1.807) is 18.2 Å². The van der Waals surface area contributed by atoms with Crippen LogP contribution in [0.15, 0.2) is 48.6 Å². The first-order chi connectivity index (χ1) is 13.9. The smallest absolute Gasteiger partial charge is 0.328 e. The third-order valence-corrected chi connectivity index (χ3v) is 5.43. The molecule has 1 N–H and O–H groups in total. The number of carboxylic acids is 1. The average molecular weight is 416 g/mol. The van der Waals surface area contributed by atoms with Gasteiger partial charge in [0.2, 0.25) is 0 Å². The lowest BCUT2D eigenvalue weighted by molar-refractivity contribution is -0.131. The normalized spacial score (nSPS) is 20.7. The molecular weight excluding hydrogens is 397 g/mol. The van der Waals surface area contributed by atoms with Gasteiger partial charge in [-0.05, 0) is 47.9 Å². The number of amides is 1. The highest BCUT2D eigenvalue weighted by atomic mass is 35.5. The Morgan fingerprint density at radius 1 is 1.21 bits per heavy atom. The zero-order valence-electron chi connectivity index (χ0n) is 15.5. The number of carboxylic acid groups (broad SMARTS) is 1. The van der Waals surface area contributed by atoms with Crippen LogP contribution in [0.3, 0.4) is 0 Å². The number of carbonyl (C=O) groups is 2. The van der Waals surface area contributed by atoms with Gasteiger partial charge in [0, 0.05) is 30.2 Å². The Hall–Kier alpha value is -2.86. The number of benzene rings is 2. The highest BCUT2D eigenvalue weighted by Crippen LogP contribution is 2.40. The molecule has 150 valence electrons. The molecule has 2 heterocycles. The zero-order chi connectivity index (χ0) is 20.5. The van der Waals surface area contributed by atoms with Gasteiger partial charge in [0.05, 0.1) is 11.6 Å². The van der Waals surface area contributed by atoms with Gasteiger partial charge >= 0.3 is 5.97 Å². The summed E-state index contributed by atoms with van der Waals surface area (Å²) >= 11 is 6.37. The zero-order valence-corrected chi connectivity index (χ0v) is 16.2. The number of hydrogen-bond donors (Lipinski definition) is 1. The number of hydrogen-bond acceptors (Lipinski definition) is 3. The quantitative estimate of drug-likeness (QED) is 0.762. The summed E-state index contributed by atoms with van der Waals surface area (Å²) < 4.78 is 19.1. The van der Waals surface area contributed by atoms with E-state index in [2.05, 4.69) is 0 Å². The summed E-state index contributed by atoms with van der Waals surface area (Å²) in [5.41, 5.74) is 3.20. The fraction of sp³-hybridized carbons (Fsp3) is 0.273. The first-order valence-electron chi connectivity index (χ1n) is 9.34. The summed E-state index contributed by atoms with van der Waals surface area (Å²) in [6.45, 7) is 0.595. The van der Waals surface area contributed by atoms with Gasteiger partial charge < -0.3 is 14.7 Å². The van der Waals surface area contributed by atoms with Gasteiger partial charge in [-0.1, -0.05) is 23.7 Å². The minimum absolute atomic E-state index is 0.151. The van der Waals surface area contributed by atoms with Crippen molar-refractivity contribution in [3.05, 3.63) is 64.7 Å². The summed E-state index contributed by atoms with van der Waals surface area (Å²) in [6, 6.07) is 10.9. The minimum Gasteiger partial charge on any atom is -0.484 e. The fourth-order valence-corrected chi connectivity index (χ4v) is 3.98. The largest absolute Gasteiger partial charge is 0.484 e. The molecule has 2 aliphatic rings. The number of likely N-dealkylation sites (tertiary alicyclic amines) is 1. The molecule has 0 bridgehead atoms. The monoisotopic (exact) mass is 415 g/mol. The second-order valence-corrected chi connectivity index (χ2v) is 7.63. The number of alkyl halides is 1. The molecule has 2 aliphatic heterocycles. The first kappa shape index (κ1) is 19.5. The molecule has 0 aliphatic carbocycles. The molecule has 0 spiro atoms. The van der Waals surface area contributed by atoms with Crippen LogP contribution >= 0.6 is 11.6 Å². The van der Waals surface area contributed by atoms with E-state index in [9.17, 15) is 14.0 Å². The SMILES string of the molecule is O=C(O)C=CC1Cc2cc(-c3ccc(C(=O)N4CC[C@@H](F)C4)cc3)cc(Cl)c2O1. The molecule has 0 radical (unpaired) electrons. The van der Waals surface area contributed by atoms with Crippen LogP contribution in [0.1, 0.15) is 22.3 Å². The Kier molecular flexibility index (Phi) is 5.28. The van der Waals surface area contributed by atoms with Gasteiger partial charge in [-0.3, -0.25) is 4.79 Å². The highest BCUT2D eigenvalue weighted by Gasteiger charge is 2.27. The van der Waals surface area contributed by atoms with Crippen LogP contribution < -0.4 is 4.74 Å². The van der Waals surface area contributed by atoms with Crippen molar-refractivity contribution in [2.45, 2.75) is 25.1 Å². The number of ether oxygens (including phenoxy) is 1. The van der Waals surface area contributed by atoms with Crippen molar-refractivity contribution >= 4 is 23.5 Å². The van der Waals surface area contributed by atoms with Crippen molar-refractivity contribution < 1.29 is 23.8 Å². The number of rotatable bonds is 4. The van der Waals surface area contributed by atoms with E-state index in [0.29, 0.717) is 35.7 Å². The lowest BCUT2D eigenvalue weighted by Crippen LogP contribution is -2.28. The van der Waals surface area contributed by atoms with Crippen molar-refractivity contribution in [1.82, 2.24) is 4.90 Å². The molecule has 1 fully saturated rings. The highest BCUT2D eigenvalue weighted by molar-refractivity contribution is 6.32. The van der Waals surface area contributed by atoms with Gasteiger partial charge in [-0.25, -0.2) is 9.18 Å². The molecule has 4 rings (SSSR count). The van der Waals surface area contributed by atoms with Crippen LogP contribution in [0.5, 0.6) is 5.75 Å². The first-order valence-corrected chi connectivity index (χ1v) is 9.72. The van der Waals surface area contributed by atoms with Gasteiger partial charge in [-0.2, -0.15) is 0 Å². The van der Waals surface area contributed by atoms with E-state index in [0.717, 1.165) is 22.8 Å². The van der Waals surface area contributed by atoms with Crippen LogP contribution in [-0.4, -0.2) is 47.2 Å². The van der Waals surface area contributed by atoms with Crippen molar-refractivity contribution in [3.8, 4) is 16.9 Å². The maximum atomic E-state index is 13.3. The van der Waals surface area contributed by atoms with Crippen LogP contribution in [0, 0.1) is 0 Å². The Morgan fingerprint density at radius 2 is 1.97 bits per heavy atom. The molecule has 7 heteroatoms. The van der Waals surface area contributed by atoms with Gasteiger partial charge in [-0.15, -0.1) is 0 Å². The maximum Gasteiger partial charge on any atom is 0.328 e. The summed E-state index contributed by atoms with van der Waals surface area (Å²) in [4.78, 5) is 24.7. The second kappa shape index (κ2) is 7.87. The number of fused-ring (bicyclic) bond motifs is 1. The second-order valence-electron chi connectivity index (χ2n) is 7.22. The fourth-order valence-electron chi connectivity index (χ4n) is 3.70. The van der Waals surface area contributed by atoms with E-state index in [1.165, 1.54) is 11.0 Å². The molecule has 1 amide bonds. The molecule has 2 aromatic rings. The Labute approximate surface area is 172 Å². The summed E-state index contributed by atoms with van der Waals surface area (Å²) in [5, 5.41) is 9.22. The lowest BCUT2D eigenvalue weighted by Gasteiger charge is -2.15. The van der Waals surface area contributed by atoms with Crippen molar-refractivity contribution in [1.29, 1.82) is 0 Å². The molecule has 0 aromatic heterocycles. The Morgan fingerprint density at radius 3 is 2.62 bits per heavy atom. The van der Waals surface area contributed by atoms with Gasteiger partial charge in [0.15, 0.2) is 0 Å². The summed E-state index contributed by atoms with van der Waals surface area (Å²) in [7, 11) is 0. The van der Waals surface area contributed by atoms with E-state index in [-0.39, 0.29) is 18.6 Å². The van der Waals surface area contributed by atoms with E-state index >= 15 is 0 Å². The topological polar surface area (TPSA) is 66.8 Å². The number of aliphatic carboxylic acids is 1. The molecular formula is C22H19ClFNO4. The third kappa shape index (κ3) is 4.12. The van der Waals surface area contributed by atoms with Gasteiger partial charge in [0.1, 0.15) is 18.0 Å². The van der Waals surface area contributed by atoms with Crippen LogP contribution in [0.4, 0.5) is 4.39 Å². The predicted octanol–water partition coefficient (Wildman–Crippen LogP) is 4.14. The molecule has 2 atom stereocenters. The number of nitrogens with zero attached hydrogens (tertiary/aromatic N) is 1. The minimum atomic E-state index is -1.03. The molecule has 29 heavy (non-hydrogen) atoms. The van der Waals surface area contributed by atoms with Crippen molar-refractivity contribution in [2.75, 3.05) is 13.1 Å². The molecule has 0 saturated carbocycles. The Bertz CT molecular complexity index is 989. The van der Waals surface area contributed by atoms with E-state index in [1.807, 2.05) is 18.2 Å². The summed E-state index contributed by atoms with van der Waals surface area (Å²) in [5.74, 6) is -0.621. The van der Waals surface area contributed by atoms with Crippen molar-refractivity contribution in [3.63, 3.8) is 0 Å². The van der Waals surface area contributed by atoms with Crippen LogP contribution in [-0.2, 0) is 11.2 Å². The average Bonchev–Trinajstić information content (AvgIpc) is 3.32. The molecule has 1 unspecified atom stereocenters. The van der Waals surface area contributed by atoms with Crippen LogP contribution in [0.2, 0.25) is 5.02 Å². The van der Waals surface area contributed by atoms with Crippen molar-refractivity contribution in [2.24, 2.45) is 0 Å².